The number of amides is 1. The van der Waals surface area contributed by atoms with Crippen LogP contribution in [0, 0.1) is 6.92 Å². The number of hydrogen-bond donors (Lipinski definition) is 1. The summed E-state index contributed by atoms with van der Waals surface area (Å²) in [7, 11) is 0. The van der Waals surface area contributed by atoms with E-state index in [0.717, 1.165) is 46.2 Å². The van der Waals surface area contributed by atoms with Crippen LogP contribution in [0.1, 0.15) is 53.9 Å². The summed E-state index contributed by atoms with van der Waals surface area (Å²) in [6.07, 6.45) is 4.79. The number of aromatic nitrogens is 3. The normalized spacial score (nSPS) is 17.3. The lowest BCUT2D eigenvalue weighted by Gasteiger charge is -2.25. The molecule has 134 valence electrons. The number of hydrogen-bond acceptors (Lipinski definition) is 4. The van der Waals surface area contributed by atoms with Crippen LogP contribution < -0.4 is 0 Å². The van der Waals surface area contributed by atoms with Crippen LogP contribution in [0.2, 0.25) is 0 Å². The lowest BCUT2D eigenvalue weighted by Crippen LogP contribution is -2.36. The molecule has 6 nitrogen and oxygen atoms in total. The van der Waals surface area contributed by atoms with Crippen molar-refractivity contribution >= 4 is 16.9 Å². The third-order valence-electron chi connectivity index (χ3n) is 5.57. The molecule has 1 aliphatic heterocycles. The van der Waals surface area contributed by atoms with Gasteiger partial charge in [-0.25, -0.2) is 9.97 Å². The first kappa shape index (κ1) is 15.6. The van der Waals surface area contributed by atoms with Crippen molar-refractivity contribution in [1.82, 2.24) is 19.9 Å². The van der Waals surface area contributed by atoms with E-state index in [1.807, 2.05) is 30.0 Å². The number of fused-ring (bicyclic) bond motifs is 2. The summed E-state index contributed by atoms with van der Waals surface area (Å²) in [6, 6.07) is 5.98. The van der Waals surface area contributed by atoms with E-state index in [9.17, 15) is 4.79 Å². The van der Waals surface area contributed by atoms with Crippen LogP contribution in [-0.2, 0) is 24.2 Å². The van der Waals surface area contributed by atoms with Crippen molar-refractivity contribution in [3.05, 3.63) is 46.9 Å². The molecule has 0 saturated heterocycles. The Morgan fingerprint density at radius 2 is 2.23 bits per heavy atom. The van der Waals surface area contributed by atoms with Crippen LogP contribution >= 0.6 is 0 Å². The first-order valence-corrected chi connectivity index (χ1v) is 9.37. The molecule has 0 atom stereocenters. The fourth-order valence-corrected chi connectivity index (χ4v) is 3.84. The topological polar surface area (TPSA) is 75.0 Å². The minimum Gasteiger partial charge on any atom is -0.445 e. The maximum atomic E-state index is 12.8. The van der Waals surface area contributed by atoms with Crippen LogP contribution in [0.5, 0.6) is 0 Å². The predicted molar refractivity (Wildman–Crippen MR) is 96.8 cm³/mol. The van der Waals surface area contributed by atoms with E-state index in [0.29, 0.717) is 25.4 Å². The smallest absolute Gasteiger partial charge is 0.227 e. The summed E-state index contributed by atoms with van der Waals surface area (Å²) < 4.78 is 5.95. The summed E-state index contributed by atoms with van der Waals surface area (Å²) in [6.45, 7) is 3.21. The van der Waals surface area contributed by atoms with Gasteiger partial charge in [-0.15, -0.1) is 0 Å². The molecule has 1 fully saturated rings. The van der Waals surface area contributed by atoms with Crippen molar-refractivity contribution < 1.29 is 9.21 Å². The second-order valence-electron chi connectivity index (χ2n) is 7.47. The van der Waals surface area contributed by atoms with E-state index in [1.54, 1.807) is 0 Å². The van der Waals surface area contributed by atoms with Gasteiger partial charge in [0.15, 0.2) is 5.89 Å². The zero-order valence-electron chi connectivity index (χ0n) is 14.9. The van der Waals surface area contributed by atoms with Gasteiger partial charge in [0.25, 0.3) is 0 Å². The Bertz CT molecular complexity index is 983. The molecule has 1 amide bonds. The molecule has 1 saturated carbocycles. The second-order valence-corrected chi connectivity index (χ2v) is 7.47. The van der Waals surface area contributed by atoms with Gasteiger partial charge in [-0.1, -0.05) is 12.5 Å². The van der Waals surface area contributed by atoms with E-state index < -0.39 is 0 Å². The summed E-state index contributed by atoms with van der Waals surface area (Å²) in [5.41, 5.74) is 3.88. The summed E-state index contributed by atoms with van der Waals surface area (Å²) in [5.74, 6) is 3.38. The van der Waals surface area contributed by atoms with Crippen molar-refractivity contribution in [3.63, 3.8) is 0 Å². The SMILES string of the molecule is Cc1nc2ccc(CC(=O)N3CCc4oc(C5CCC5)nc4C3)cc2[nH]1. The molecule has 5 rings (SSSR count). The monoisotopic (exact) mass is 350 g/mol. The lowest BCUT2D eigenvalue weighted by molar-refractivity contribution is -0.131. The Labute approximate surface area is 151 Å². The summed E-state index contributed by atoms with van der Waals surface area (Å²) >= 11 is 0. The quantitative estimate of drug-likeness (QED) is 0.787. The number of H-pyrrole nitrogens is 1. The van der Waals surface area contributed by atoms with Crippen LogP contribution in [0.4, 0.5) is 0 Å². The van der Waals surface area contributed by atoms with E-state index in [-0.39, 0.29) is 5.91 Å². The van der Waals surface area contributed by atoms with E-state index in [1.165, 1.54) is 19.3 Å². The molecular weight excluding hydrogens is 328 g/mol. The number of aromatic amines is 1. The number of imidazole rings is 1. The Kier molecular flexibility index (Phi) is 3.58. The van der Waals surface area contributed by atoms with Crippen LogP contribution in [0.3, 0.4) is 0 Å². The zero-order valence-corrected chi connectivity index (χ0v) is 14.9. The molecule has 0 unspecified atom stereocenters. The van der Waals surface area contributed by atoms with Crippen LogP contribution in [0.15, 0.2) is 22.6 Å². The zero-order chi connectivity index (χ0) is 17.7. The fourth-order valence-electron chi connectivity index (χ4n) is 3.84. The number of oxazole rings is 1. The Balaban J connectivity index is 1.30. The van der Waals surface area contributed by atoms with Crippen molar-refractivity contribution in [2.75, 3.05) is 6.54 Å². The van der Waals surface area contributed by atoms with Crippen molar-refractivity contribution in [3.8, 4) is 0 Å². The minimum absolute atomic E-state index is 0.138. The van der Waals surface area contributed by atoms with Gasteiger partial charge in [0.05, 0.1) is 24.0 Å². The Hall–Kier alpha value is -2.63. The van der Waals surface area contributed by atoms with Crippen molar-refractivity contribution in [2.24, 2.45) is 0 Å². The number of aryl methyl sites for hydroxylation is 1. The molecule has 1 aliphatic carbocycles. The molecule has 0 radical (unpaired) electrons. The Morgan fingerprint density at radius 3 is 3.04 bits per heavy atom. The molecule has 2 aromatic heterocycles. The molecule has 6 heteroatoms. The molecule has 3 aromatic rings. The molecule has 1 aromatic carbocycles. The van der Waals surface area contributed by atoms with Gasteiger partial charge < -0.3 is 14.3 Å². The standard InChI is InChI=1S/C20H22N4O2/c1-12-21-15-6-5-13(9-16(15)22-12)10-19(25)24-8-7-18-17(11-24)23-20(26-18)14-3-2-4-14/h5-6,9,14H,2-4,7-8,10-11H2,1H3,(H,21,22). The summed E-state index contributed by atoms with van der Waals surface area (Å²) in [4.78, 5) is 27.0. The van der Waals surface area contributed by atoms with Gasteiger partial charge in [-0.05, 0) is 37.5 Å². The largest absolute Gasteiger partial charge is 0.445 e. The van der Waals surface area contributed by atoms with Crippen molar-refractivity contribution in [2.45, 2.75) is 51.5 Å². The van der Waals surface area contributed by atoms with Crippen LogP contribution in [0.25, 0.3) is 11.0 Å². The van der Waals surface area contributed by atoms with Gasteiger partial charge in [0.2, 0.25) is 5.91 Å². The number of nitrogens with one attached hydrogen (secondary N) is 1. The molecular formula is C20H22N4O2. The highest BCUT2D eigenvalue weighted by Crippen LogP contribution is 2.37. The number of rotatable bonds is 3. The number of carbonyl (C=O) groups is 1. The molecule has 2 aliphatic rings. The van der Waals surface area contributed by atoms with Gasteiger partial charge in [0, 0.05) is 18.9 Å². The average molecular weight is 350 g/mol. The van der Waals surface area contributed by atoms with Gasteiger partial charge in [-0.2, -0.15) is 0 Å². The number of nitrogens with zero attached hydrogens (tertiary/aromatic N) is 3. The molecule has 0 bridgehead atoms. The Morgan fingerprint density at radius 1 is 1.35 bits per heavy atom. The van der Waals surface area contributed by atoms with Gasteiger partial charge >= 0.3 is 0 Å². The molecule has 0 spiro atoms. The molecule has 3 heterocycles. The van der Waals surface area contributed by atoms with Crippen molar-refractivity contribution in [1.29, 1.82) is 0 Å². The predicted octanol–water partition coefficient (Wildman–Crippen LogP) is 3.25. The fraction of sp³-hybridized carbons (Fsp3) is 0.450. The maximum absolute atomic E-state index is 12.8. The number of carbonyl (C=O) groups excluding carboxylic acids is 1. The van der Waals surface area contributed by atoms with Gasteiger partial charge in [-0.3, -0.25) is 4.79 Å². The van der Waals surface area contributed by atoms with Crippen LogP contribution in [-0.4, -0.2) is 32.3 Å². The van der Waals surface area contributed by atoms with E-state index >= 15 is 0 Å². The highest BCUT2D eigenvalue weighted by Gasteiger charge is 2.30. The first-order chi connectivity index (χ1) is 12.7. The highest BCUT2D eigenvalue weighted by molar-refractivity contribution is 5.82. The average Bonchev–Trinajstić information content (AvgIpc) is 3.13. The lowest BCUT2D eigenvalue weighted by atomic mass is 9.85. The van der Waals surface area contributed by atoms with E-state index in [2.05, 4.69) is 15.0 Å². The molecule has 1 N–H and O–H groups in total. The third kappa shape index (κ3) is 2.69. The van der Waals surface area contributed by atoms with E-state index in [4.69, 9.17) is 4.42 Å². The number of benzene rings is 1. The summed E-state index contributed by atoms with van der Waals surface area (Å²) in [5, 5.41) is 0. The second kappa shape index (κ2) is 5.97. The highest BCUT2D eigenvalue weighted by atomic mass is 16.4. The first-order valence-electron chi connectivity index (χ1n) is 9.37. The third-order valence-corrected chi connectivity index (χ3v) is 5.57. The van der Waals surface area contributed by atoms with Gasteiger partial charge in [0.1, 0.15) is 17.3 Å². The maximum Gasteiger partial charge on any atom is 0.227 e. The molecule has 26 heavy (non-hydrogen) atoms. The minimum atomic E-state index is 0.138.